The van der Waals surface area contributed by atoms with Crippen molar-refractivity contribution in [3.63, 3.8) is 0 Å². The zero-order valence-corrected chi connectivity index (χ0v) is 13.3. The monoisotopic (exact) mass is 346 g/mol. The second-order valence-corrected chi connectivity index (χ2v) is 4.62. The number of hydrogen-bond donors (Lipinski definition) is 0. The van der Waals surface area contributed by atoms with Crippen LogP contribution in [0.15, 0.2) is 12.1 Å². The summed E-state index contributed by atoms with van der Waals surface area (Å²) in [5.41, 5.74) is -1.05. The van der Waals surface area contributed by atoms with Gasteiger partial charge in [0.25, 0.3) is 10.5 Å². The van der Waals surface area contributed by atoms with E-state index in [2.05, 4.69) is 0 Å². The summed E-state index contributed by atoms with van der Waals surface area (Å²) in [6, 6.07) is 1.99. The Labute approximate surface area is 136 Å². The number of hydrogen-bond acceptors (Lipinski definition) is 6. The van der Waals surface area contributed by atoms with Crippen molar-refractivity contribution in [2.24, 2.45) is 0 Å². The molecule has 1 rings (SSSR count). The third-order valence-electron chi connectivity index (χ3n) is 2.57. The van der Waals surface area contributed by atoms with Crippen molar-refractivity contribution in [3.05, 3.63) is 34.4 Å². The lowest BCUT2D eigenvalue weighted by atomic mass is 9.99. The van der Waals surface area contributed by atoms with Crippen LogP contribution >= 0.6 is 23.2 Å². The maximum atomic E-state index is 11.8. The molecule has 0 saturated carbocycles. The first-order valence-corrected chi connectivity index (χ1v) is 7.00. The molecule has 0 spiro atoms. The first-order chi connectivity index (χ1) is 10.3. The highest BCUT2D eigenvalue weighted by atomic mass is 35.5. The molecule has 0 unspecified atom stereocenters. The molecule has 0 fully saturated rings. The van der Waals surface area contributed by atoms with Crippen molar-refractivity contribution in [2.45, 2.75) is 13.8 Å². The first kappa shape index (κ1) is 18.1. The van der Waals surface area contributed by atoms with E-state index in [9.17, 15) is 19.2 Å². The average molecular weight is 347 g/mol. The molecule has 0 aliphatic rings. The number of halogens is 2. The summed E-state index contributed by atoms with van der Waals surface area (Å²) in [5, 5.41) is -1.97. The summed E-state index contributed by atoms with van der Waals surface area (Å²) in [4.78, 5) is 46.6. The third kappa shape index (κ3) is 4.05. The van der Waals surface area contributed by atoms with Crippen molar-refractivity contribution in [2.75, 3.05) is 13.2 Å². The fourth-order valence-electron chi connectivity index (χ4n) is 1.68. The molecule has 1 aromatic rings. The third-order valence-corrected chi connectivity index (χ3v) is 2.98. The van der Waals surface area contributed by atoms with Gasteiger partial charge in [-0.15, -0.1) is 0 Å². The lowest BCUT2D eigenvalue weighted by Crippen LogP contribution is -2.16. The van der Waals surface area contributed by atoms with Gasteiger partial charge in [0.15, 0.2) is 0 Å². The quantitative estimate of drug-likeness (QED) is 0.581. The molecule has 0 aliphatic carbocycles. The molecule has 0 heterocycles. The van der Waals surface area contributed by atoms with Crippen LogP contribution in [0, 0.1) is 0 Å². The van der Waals surface area contributed by atoms with Crippen LogP contribution in [0.2, 0.25) is 0 Å². The fourth-order valence-corrected chi connectivity index (χ4v) is 1.99. The number of benzene rings is 1. The molecule has 118 valence electrons. The molecule has 0 N–H and O–H groups in total. The summed E-state index contributed by atoms with van der Waals surface area (Å²) in [6.07, 6.45) is 0. The van der Waals surface area contributed by atoms with Crippen LogP contribution in [0.25, 0.3) is 0 Å². The van der Waals surface area contributed by atoms with E-state index >= 15 is 0 Å². The van der Waals surface area contributed by atoms with Crippen LogP contribution < -0.4 is 0 Å². The Hall–Kier alpha value is -1.92. The summed E-state index contributed by atoms with van der Waals surface area (Å²) < 4.78 is 9.56. The largest absolute Gasteiger partial charge is 0.462 e. The predicted molar refractivity (Wildman–Crippen MR) is 78.7 cm³/mol. The van der Waals surface area contributed by atoms with Gasteiger partial charge in [0.2, 0.25) is 0 Å². The number of ether oxygens (including phenoxy) is 2. The number of esters is 2. The van der Waals surface area contributed by atoms with Crippen LogP contribution in [-0.4, -0.2) is 35.6 Å². The molecule has 22 heavy (non-hydrogen) atoms. The maximum absolute atomic E-state index is 11.8. The highest BCUT2D eigenvalue weighted by molar-refractivity contribution is 6.69. The molecule has 8 heteroatoms. The Kier molecular flexibility index (Phi) is 6.52. The van der Waals surface area contributed by atoms with Crippen LogP contribution in [0.4, 0.5) is 0 Å². The Morgan fingerprint density at radius 1 is 0.773 bits per heavy atom. The van der Waals surface area contributed by atoms with E-state index in [1.807, 2.05) is 0 Å². The van der Waals surface area contributed by atoms with E-state index in [0.717, 1.165) is 12.1 Å². The Bertz CT molecular complexity index is 583. The van der Waals surface area contributed by atoms with Crippen LogP contribution in [0.3, 0.4) is 0 Å². The minimum atomic E-state index is -0.984. The number of carbonyl (C=O) groups excluding carboxylic acids is 4. The van der Waals surface area contributed by atoms with Gasteiger partial charge in [-0.3, -0.25) is 9.59 Å². The second-order valence-electron chi connectivity index (χ2n) is 3.93. The molecular formula is C14H12Cl2O6. The normalized spacial score (nSPS) is 10.0. The van der Waals surface area contributed by atoms with E-state index in [0.29, 0.717) is 0 Å². The Balaban J connectivity index is 3.57. The van der Waals surface area contributed by atoms with Crippen LogP contribution in [0.1, 0.15) is 55.3 Å². The molecule has 6 nitrogen and oxygen atoms in total. The van der Waals surface area contributed by atoms with Gasteiger partial charge in [-0.05, 0) is 49.2 Å². The minimum absolute atomic E-state index is 0.0541. The average Bonchev–Trinajstić information content (AvgIpc) is 2.46. The Morgan fingerprint density at radius 2 is 1.09 bits per heavy atom. The van der Waals surface area contributed by atoms with Crippen molar-refractivity contribution in [3.8, 4) is 0 Å². The van der Waals surface area contributed by atoms with Crippen molar-refractivity contribution in [1.29, 1.82) is 0 Å². The van der Waals surface area contributed by atoms with Gasteiger partial charge in [-0.25, -0.2) is 9.59 Å². The van der Waals surface area contributed by atoms with Gasteiger partial charge < -0.3 is 9.47 Å². The fraction of sp³-hybridized carbons (Fsp3) is 0.286. The molecule has 0 bridgehead atoms. The van der Waals surface area contributed by atoms with E-state index in [4.69, 9.17) is 32.7 Å². The highest BCUT2D eigenvalue weighted by Crippen LogP contribution is 2.22. The smallest absolute Gasteiger partial charge is 0.338 e. The second kappa shape index (κ2) is 7.91. The SMILES string of the molecule is CCOC(=O)c1cc(C(=O)Cl)c(C(=O)OCC)cc1C(=O)Cl. The molecule has 0 radical (unpaired) electrons. The van der Waals surface area contributed by atoms with E-state index in [1.54, 1.807) is 13.8 Å². The summed E-state index contributed by atoms with van der Waals surface area (Å²) in [5.74, 6) is -1.72. The minimum Gasteiger partial charge on any atom is -0.462 e. The summed E-state index contributed by atoms with van der Waals surface area (Å²) >= 11 is 10.8. The molecule has 1 aromatic carbocycles. The van der Waals surface area contributed by atoms with E-state index in [-0.39, 0.29) is 35.5 Å². The summed E-state index contributed by atoms with van der Waals surface area (Å²) in [7, 11) is 0. The summed E-state index contributed by atoms with van der Waals surface area (Å²) in [6.45, 7) is 3.25. The standard InChI is InChI=1S/C14H12Cl2O6/c1-3-21-13(19)9-5-8(12(16)18)10(14(20)22-4-2)6-7(9)11(15)17/h5-6H,3-4H2,1-2H3. The van der Waals surface area contributed by atoms with Crippen molar-refractivity contribution in [1.82, 2.24) is 0 Å². The van der Waals surface area contributed by atoms with Crippen LogP contribution in [0.5, 0.6) is 0 Å². The Morgan fingerprint density at radius 3 is 1.32 bits per heavy atom. The lowest BCUT2D eigenvalue weighted by Gasteiger charge is -2.11. The maximum Gasteiger partial charge on any atom is 0.338 e. The molecule has 0 aliphatic heterocycles. The highest BCUT2D eigenvalue weighted by Gasteiger charge is 2.25. The van der Waals surface area contributed by atoms with Gasteiger partial charge in [0, 0.05) is 11.1 Å². The number of rotatable bonds is 6. The zero-order chi connectivity index (χ0) is 16.9. The lowest BCUT2D eigenvalue weighted by molar-refractivity contribution is 0.0509. The van der Waals surface area contributed by atoms with E-state index in [1.165, 1.54) is 0 Å². The van der Waals surface area contributed by atoms with Gasteiger partial charge in [-0.1, -0.05) is 0 Å². The first-order valence-electron chi connectivity index (χ1n) is 6.25. The molecule has 0 saturated heterocycles. The number of carbonyl (C=O) groups is 4. The van der Waals surface area contributed by atoms with Gasteiger partial charge in [0.05, 0.1) is 24.3 Å². The molecule has 0 amide bonds. The van der Waals surface area contributed by atoms with Crippen molar-refractivity contribution >= 4 is 45.6 Å². The molecule has 0 aromatic heterocycles. The zero-order valence-electron chi connectivity index (χ0n) is 11.8. The van der Waals surface area contributed by atoms with Crippen molar-refractivity contribution < 1.29 is 28.7 Å². The van der Waals surface area contributed by atoms with Gasteiger partial charge >= 0.3 is 11.9 Å². The molecular weight excluding hydrogens is 335 g/mol. The van der Waals surface area contributed by atoms with Crippen LogP contribution in [-0.2, 0) is 9.47 Å². The van der Waals surface area contributed by atoms with E-state index < -0.39 is 22.4 Å². The molecule has 0 atom stereocenters. The topological polar surface area (TPSA) is 86.7 Å². The van der Waals surface area contributed by atoms with Gasteiger partial charge in [0.1, 0.15) is 0 Å². The van der Waals surface area contributed by atoms with Gasteiger partial charge in [-0.2, -0.15) is 0 Å². The predicted octanol–water partition coefficient (Wildman–Crippen LogP) is 2.80.